The fourth-order valence-electron chi connectivity index (χ4n) is 1.82. The van der Waals surface area contributed by atoms with Crippen molar-refractivity contribution in [1.82, 2.24) is 4.90 Å². The summed E-state index contributed by atoms with van der Waals surface area (Å²) in [6.45, 7) is 1.12. The highest BCUT2D eigenvalue weighted by Crippen LogP contribution is 2.20. The molecule has 0 atom stereocenters. The Balaban J connectivity index is 2.63. The number of hydrogen-bond donors (Lipinski definition) is 3. The molecule has 6 heteroatoms. The van der Waals surface area contributed by atoms with E-state index in [0.717, 1.165) is 0 Å². The van der Waals surface area contributed by atoms with E-state index < -0.39 is 5.54 Å². The van der Waals surface area contributed by atoms with Gasteiger partial charge in [-0.05, 0) is 12.8 Å². The van der Waals surface area contributed by atoms with Crippen molar-refractivity contribution in [3.63, 3.8) is 0 Å². The van der Waals surface area contributed by atoms with Crippen molar-refractivity contribution in [3.05, 3.63) is 0 Å². The number of rotatable bonds is 5. The molecule has 1 saturated heterocycles. The molecule has 0 aromatic carbocycles. The van der Waals surface area contributed by atoms with Gasteiger partial charge in [0.05, 0.1) is 18.8 Å². The fourth-order valence-corrected chi connectivity index (χ4v) is 1.82. The Morgan fingerprint density at radius 2 is 1.75 bits per heavy atom. The molecular formula is C10H20N2O4. The third kappa shape index (κ3) is 3.15. The summed E-state index contributed by atoms with van der Waals surface area (Å²) in [7, 11) is 0. The second-order valence-electron chi connectivity index (χ2n) is 4.01. The van der Waals surface area contributed by atoms with Crippen molar-refractivity contribution in [1.29, 1.82) is 0 Å². The summed E-state index contributed by atoms with van der Waals surface area (Å²) in [5.74, 6) is -0.209. The van der Waals surface area contributed by atoms with Gasteiger partial charge < -0.3 is 25.6 Å². The van der Waals surface area contributed by atoms with Gasteiger partial charge in [0.15, 0.2) is 0 Å². The zero-order chi connectivity index (χ0) is 12.0. The van der Waals surface area contributed by atoms with Crippen LogP contribution < -0.4 is 5.73 Å². The third-order valence-corrected chi connectivity index (χ3v) is 2.84. The molecule has 0 bridgehead atoms. The van der Waals surface area contributed by atoms with Crippen LogP contribution in [0.5, 0.6) is 0 Å². The van der Waals surface area contributed by atoms with Crippen LogP contribution >= 0.6 is 0 Å². The second kappa shape index (κ2) is 6.15. The van der Waals surface area contributed by atoms with E-state index in [9.17, 15) is 4.79 Å². The van der Waals surface area contributed by atoms with Crippen molar-refractivity contribution in [2.24, 2.45) is 5.73 Å². The SMILES string of the molecule is NC1(C(=O)N(CCO)CCO)CCOCC1. The molecule has 1 rings (SSSR count). The summed E-state index contributed by atoms with van der Waals surface area (Å²) in [6.07, 6.45) is 0.971. The number of carbonyl (C=O) groups is 1. The second-order valence-corrected chi connectivity index (χ2v) is 4.01. The lowest BCUT2D eigenvalue weighted by Crippen LogP contribution is -2.58. The number of nitrogens with two attached hydrogens (primary N) is 1. The highest BCUT2D eigenvalue weighted by molar-refractivity contribution is 5.86. The summed E-state index contributed by atoms with van der Waals surface area (Å²) < 4.78 is 5.17. The van der Waals surface area contributed by atoms with Crippen LogP contribution in [-0.4, -0.2) is 66.1 Å². The van der Waals surface area contributed by atoms with Gasteiger partial charge in [0.25, 0.3) is 0 Å². The molecule has 1 fully saturated rings. The Morgan fingerprint density at radius 1 is 1.25 bits per heavy atom. The quantitative estimate of drug-likeness (QED) is 0.525. The average molecular weight is 232 g/mol. The van der Waals surface area contributed by atoms with Gasteiger partial charge in [-0.25, -0.2) is 0 Å². The molecular weight excluding hydrogens is 212 g/mol. The molecule has 0 radical (unpaired) electrons. The number of aliphatic hydroxyl groups is 2. The lowest BCUT2D eigenvalue weighted by atomic mass is 9.89. The van der Waals surface area contributed by atoms with E-state index in [1.807, 2.05) is 0 Å². The molecule has 4 N–H and O–H groups in total. The molecule has 1 aliphatic heterocycles. The topological polar surface area (TPSA) is 96.0 Å². The minimum atomic E-state index is -0.900. The first-order valence-corrected chi connectivity index (χ1v) is 5.52. The number of nitrogens with zero attached hydrogens (tertiary/aromatic N) is 1. The van der Waals surface area contributed by atoms with Crippen LogP contribution in [-0.2, 0) is 9.53 Å². The zero-order valence-corrected chi connectivity index (χ0v) is 9.39. The summed E-state index contributed by atoms with van der Waals surface area (Å²) in [4.78, 5) is 13.5. The molecule has 0 spiro atoms. The largest absolute Gasteiger partial charge is 0.395 e. The molecule has 16 heavy (non-hydrogen) atoms. The third-order valence-electron chi connectivity index (χ3n) is 2.84. The van der Waals surface area contributed by atoms with Crippen LogP contribution in [0.2, 0.25) is 0 Å². The molecule has 0 aromatic rings. The standard InChI is InChI=1S/C10H20N2O4/c11-10(1-7-16-8-2-10)9(15)12(3-5-13)4-6-14/h13-14H,1-8,11H2. The zero-order valence-electron chi connectivity index (χ0n) is 9.39. The van der Waals surface area contributed by atoms with Crippen LogP contribution in [0.25, 0.3) is 0 Å². The molecule has 0 aliphatic carbocycles. The van der Waals surface area contributed by atoms with E-state index in [1.165, 1.54) is 4.90 Å². The lowest BCUT2D eigenvalue weighted by Gasteiger charge is -2.36. The first-order chi connectivity index (χ1) is 7.64. The number of amides is 1. The van der Waals surface area contributed by atoms with Crippen molar-refractivity contribution in [2.75, 3.05) is 39.5 Å². The first kappa shape index (κ1) is 13.4. The van der Waals surface area contributed by atoms with Crippen LogP contribution in [0.4, 0.5) is 0 Å². The fraction of sp³-hybridized carbons (Fsp3) is 0.900. The van der Waals surface area contributed by atoms with E-state index in [0.29, 0.717) is 26.1 Å². The Bertz CT molecular complexity index is 223. The minimum absolute atomic E-state index is 0.127. The highest BCUT2D eigenvalue weighted by atomic mass is 16.5. The Hall–Kier alpha value is -0.690. The summed E-state index contributed by atoms with van der Waals surface area (Å²) >= 11 is 0. The van der Waals surface area contributed by atoms with Gasteiger partial charge in [0.2, 0.25) is 5.91 Å². The number of ether oxygens (including phenoxy) is 1. The summed E-state index contributed by atoms with van der Waals surface area (Å²) in [5.41, 5.74) is 5.13. The van der Waals surface area contributed by atoms with E-state index in [2.05, 4.69) is 0 Å². The molecule has 0 unspecified atom stereocenters. The molecule has 94 valence electrons. The van der Waals surface area contributed by atoms with Crippen LogP contribution in [0, 0.1) is 0 Å². The lowest BCUT2D eigenvalue weighted by molar-refractivity contribution is -0.141. The molecule has 0 aromatic heterocycles. The van der Waals surface area contributed by atoms with Crippen molar-refractivity contribution < 1.29 is 19.7 Å². The number of hydrogen-bond acceptors (Lipinski definition) is 5. The smallest absolute Gasteiger partial charge is 0.242 e. The van der Waals surface area contributed by atoms with Crippen molar-refractivity contribution >= 4 is 5.91 Å². The summed E-state index contributed by atoms with van der Waals surface area (Å²) in [6, 6.07) is 0. The van der Waals surface area contributed by atoms with E-state index in [4.69, 9.17) is 20.7 Å². The Morgan fingerprint density at radius 3 is 2.19 bits per heavy atom. The number of aliphatic hydroxyl groups excluding tert-OH is 2. The van der Waals surface area contributed by atoms with E-state index in [1.54, 1.807) is 0 Å². The van der Waals surface area contributed by atoms with E-state index >= 15 is 0 Å². The highest BCUT2D eigenvalue weighted by Gasteiger charge is 2.38. The van der Waals surface area contributed by atoms with Crippen LogP contribution in [0.1, 0.15) is 12.8 Å². The maximum absolute atomic E-state index is 12.1. The first-order valence-electron chi connectivity index (χ1n) is 5.52. The normalized spacial score (nSPS) is 19.4. The summed E-state index contributed by atoms with van der Waals surface area (Å²) in [5, 5.41) is 17.7. The van der Waals surface area contributed by atoms with Gasteiger partial charge in [0.1, 0.15) is 0 Å². The Kier molecular flexibility index (Phi) is 5.14. The predicted molar refractivity (Wildman–Crippen MR) is 57.7 cm³/mol. The maximum atomic E-state index is 12.1. The van der Waals surface area contributed by atoms with Crippen molar-refractivity contribution in [3.8, 4) is 0 Å². The van der Waals surface area contributed by atoms with E-state index in [-0.39, 0.29) is 32.2 Å². The van der Waals surface area contributed by atoms with Gasteiger partial charge in [-0.2, -0.15) is 0 Å². The van der Waals surface area contributed by atoms with Crippen LogP contribution in [0.15, 0.2) is 0 Å². The van der Waals surface area contributed by atoms with Crippen LogP contribution in [0.3, 0.4) is 0 Å². The molecule has 1 heterocycles. The van der Waals surface area contributed by atoms with Gasteiger partial charge in [-0.1, -0.05) is 0 Å². The molecule has 1 aliphatic rings. The molecule has 1 amide bonds. The van der Waals surface area contributed by atoms with Gasteiger partial charge in [-0.3, -0.25) is 4.79 Å². The number of carbonyl (C=O) groups excluding carboxylic acids is 1. The molecule has 6 nitrogen and oxygen atoms in total. The maximum Gasteiger partial charge on any atom is 0.242 e. The average Bonchev–Trinajstić information content (AvgIpc) is 2.29. The Labute approximate surface area is 95.0 Å². The molecule has 0 saturated carbocycles. The van der Waals surface area contributed by atoms with Gasteiger partial charge in [-0.15, -0.1) is 0 Å². The van der Waals surface area contributed by atoms with Gasteiger partial charge >= 0.3 is 0 Å². The minimum Gasteiger partial charge on any atom is -0.395 e. The van der Waals surface area contributed by atoms with Gasteiger partial charge in [0, 0.05) is 26.3 Å². The predicted octanol–water partition coefficient (Wildman–Crippen LogP) is -1.69. The van der Waals surface area contributed by atoms with Crippen molar-refractivity contribution in [2.45, 2.75) is 18.4 Å². The monoisotopic (exact) mass is 232 g/mol.